The number of hydrogen-bond acceptors (Lipinski definition) is 16. The van der Waals surface area contributed by atoms with Crippen molar-refractivity contribution in [1.82, 2.24) is 0 Å². The molecule has 0 aromatic rings. The van der Waals surface area contributed by atoms with E-state index < -0.39 is 90.6 Å². The maximum Gasteiger partial charge on any atom is 0.186 e. The highest BCUT2D eigenvalue weighted by atomic mass is 32.2. The number of carbonyl (C=O) groups is 1. The summed E-state index contributed by atoms with van der Waals surface area (Å²) in [7, 11) is 4.37. The van der Waals surface area contributed by atoms with Crippen LogP contribution in [0, 0.1) is 0 Å². The highest BCUT2D eigenvalue weighted by Gasteiger charge is 2.49. The molecule has 4 aliphatic heterocycles. The number of hydrogen-bond donors (Lipinski definition) is 5. The molecular weight excluding hydrogens is 596 g/mol. The number of aliphatic hydroxyl groups excluding tert-OH is 5. The van der Waals surface area contributed by atoms with Gasteiger partial charge in [-0.05, 0) is 13.3 Å². The summed E-state index contributed by atoms with van der Waals surface area (Å²) in [4.78, 5) is 11.9. The molecule has 5 N–H and O–H groups in total. The van der Waals surface area contributed by atoms with E-state index >= 15 is 0 Å². The van der Waals surface area contributed by atoms with Crippen LogP contribution in [0.5, 0.6) is 0 Å². The molecule has 0 aromatic carbocycles. The van der Waals surface area contributed by atoms with Gasteiger partial charge in [0.25, 0.3) is 0 Å². The van der Waals surface area contributed by atoms with Crippen LogP contribution in [-0.2, 0) is 47.4 Å². The Balaban J connectivity index is 1.46. The van der Waals surface area contributed by atoms with Crippen LogP contribution < -0.4 is 0 Å². The highest BCUT2D eigenvalue weighted by molar-refractivity contribution is 8.00. The first-order chi connectivity index (χ1) is 20.6. The van der Waals surface area contributed by atoms with E-state index in [4.69, 9.17) is 42.6 Å². The third-order valence-electron chi connectivity index (χ3n) is 8.25. The molecule has 4 saturated heterocycles. The van der Waals surface area contributed by atoms with Gasteiger partial charge < -0.3 is 73.0 Å². The number of aliphatic hydroxyl groups is 5. The van der Waals surface area contributed by atoms with E-state index in [0.717, 1.165) is 11.8 Å². The third-order valence-corrected chi connectivity index (χ3v) is 9.73. The molecule has 43 heavy (non-hydrogen) atoms. The van der Waals surface area contributed by atoms with Gasteiger partial charge in [0, 0.05) is 45.8 Å². The van der Waals surface area contributed by atoms with E-state index in [1.54, 1.807) is 0 Å². The first-order valence-electron chi connectivity index (χ1n) is 14.5. The van der Waals surface area contributed by atoms with Gasteiger partial charge in [-0.15, -0.1) is 11.8 Å². The topological polar surface area (TPSA) is 201 Å². The monoisotopic (exact) mass is 642 g/mol. The van der Waals surface area contributed by atoms with E-state index in [1.807, 2.05) is 6.92 Å². The minimum absolute atomic E-state index is 0.0933. The Kier molecular flexibility index (Phi) is 13.4. The van der Waals surface area contributed by atoms with Crippen LogP contribution >= 0.6 is 11.8 Å². The van der Waals surface area contributed by atoms with E-state index in [0.29, 0.717) is 12.7 Å². The van der Waals surface area contributed by atoms with Crippen LogP contribution in [0.2, 0.25) is 0 Å². The van der Waals surface area contributed by atoms with Gasteiger partial charge >= 0.3 is 0 Å². The van der Waals surface area contributed by atoms with Gasteiger partial charge in [0.1, 0.15) is 42.2 Å². The zero-order chi connectivity index (χ0) is 31.3. The number of thioether (sulfide) groups is 1. The van der Waals surface area contributed by atoms with Crippen molar-refractivity contribution < 1.29 is 73.0 Å². The Bertz CT molecular complexity index is 857. The Hall–Kier alpha value is -0.540. The molecule has 0 aromatic heterocycles. The minimum atomic E-state index is -1.27. The summed E-state index contributed by atoms with van der Waals surface area (Å²) in [6, 6.07) is 0. The normalized spacial score (nSPS) is 47.7. The van der Waals surface area contributed by atoms with Gasteiger partial charge in [-0.25, -0.2) is 0 Å². The summed E-state index contributed by atoms with van der Waals surface area (Å²) < 4.78 is 51.6. The second-order valence-electron chi connectivity index (χ2n) is 11.3. The largest absolute Gasteiger partial charge is 0.394 e. The molecule has 16 atom stereocenters. The molecule has 4 fully saturated rings. The maximum atomic E-state index is 11.9. The van der Waals surface area contributed by atoms with Gasteiger partial charge in [-0.1, -0.05) is 0 Å². The summed E-state index contributed by atoms with van der Waals surface area (Å²) in [5.74, 6) is 0. The van der Waals surface area contributed by atoms with E-state index in [-0.39, 0.29) is 38.6 Å². The van der Waals surface area contributed by atoms with Crippen LogP contribution in [-0.4, -0.2) is 163 Å². The standard InChI is InChI=1S/C27H46O15S/c1-12-5-16(34-2)20(31)24(37-12)41-17-6-14(10-29)40-27(21(17)32)43-19-8-15(11-30)38-25(22(19)33)42-18-7-13(9-28)39-26(36-4)23(18)35-3/h11-29,31-33H,5-10H2,1-4H3. The van der Waals surface area contributed by atoms with Gasteiger partial charge in [0.15, 0.2) is 18.9 Å². The first kappa shape index (κ1) is 35.3. The second kappa shape index (κ2) is 16.3. The second-order valence-corrected chi connectivity index (χ2v) is 12.6. The lowest BCUT2D eigenvalue weighted by molar-refractivity contribution is -0.316. The number of ether oxygens (including phenoxy) is 9. The number of rotatable bonds is 12. The molecule has 4 rings (SSSR count). The summed E-state index contributed by atoms with van der Waals surface area (Å²) >= 11 is 1.07. The lowest BCUT2D eigenvalue weighted by atomic mass is 10.0. The van der Waals surface area contributed by atoms with Gasteiger partial charge in [-0.2, -0.15) is 0 Å². The summed E-state index contributed by atoms with van der Waals surface area (Å²) in [5, 5.41) is 52.2. The molecule has 0 radical (unpaired) electrons. The average molecular weight is 643 g/mol. The van der Waals surface area contributed by atoms with Crippen LogP contribution in [0.3, 0.4) is 0 Å². The zero-order valence-electron chi connectivity index (χ0n) is 24.8. The van der Waals surface area contributed by atoms with Crippen LogP contribution in [0.25, 0.3) is 0 Å². The molecule has 250 valence electrons. The minimum Gasteiger partial charge on any atom is -0.394 e. The summed E-state index contributed by atoms with van der Waals surface area (Å²) in [6.45, 7) is 1.18. The van der Waals surface area contributed by atoms with E-state index in [2.05, 4.69) is 0 Å². The lowest BCUT2D eigenvalue weighted by Gasteiger charge is -2.46. The molecule has 16 unspecified atom stereocenters. The SMILES string of the molecule is COC1CC(C)OC(OC2CC(CO)OC(SC3CC(C=O)OC(OC4CC(CO)OC(OC)C4OC)C3O)C2O)C1O. The zero-order valence-corrected chi connectivity index (χ0v) is 25.6. The van der Waals surface area contributed by atoms with Crippen molar-refractivity contribution in [2.24, 2.45) is 0 Å². The molecule has 4 aliphatic rings. The van der Waals surface area contributed by atoms with E-state index in [1.165, 1.54) is 21.3 Å². The lowest BCUT2D eigenvalue weighted by Crippen LogP contribution is -2.58. The highest BCUT2D eigenvalue weighted by Crippen LogP contribution is 2.40. The predicted molar refractivity (Wildman–Crippen MR) is 147 cm³/mol. The number of aldehydes is 1. The Labute approximate surface area is 254 Å². The molecule has 0 aliphatic carbocycles. The van der Waals surface area contributed by atoms with Gasteiger partial charge in [-0.3, -0.25) is 0 Å². The van der Waals surface area contributed by atoms with Crippen LogP contribution in [0.15, 0.2) is 0 Å². The number of methoxy groups -OCH3 is 3. The summed E-state index contributed by atoms with van der Waals surface area (Å²) in [5.41, 5.74) is -0.982. The van der Waals surface area contributed by atoms with Crippen LogP contribution in [0.1, 0.15) is 32.6 Å². The Morgan fingerprint density at radius 3 is 2.00 bits per heavy atom. The fourth-order valence-electron chi connectivity index (χ4n) is 5.92. The van der Waals surface area contributed by atoms with Crippen molar-refractivity contribution >= 4 is 18.0 Å². The van der Waals surface area contributed by atoms with Crippen molar-refractivity contribution in [3.8, 4) is 0 Å². The van der Waals surface area contributed by atoms with Gasteiger partial charge in [0.05, 0.1) is 49.8 Å². The molecule has 0 saturated carbocycles. The molecule has 15 nitrogen and oxygen atoms in total. The van der Waals surface area contributed by atoms with E-state index in [9.17, 15) is 30.3 Å². The fourth-order valence-corrected chi connectivity index (χ4v) is 7.41. The molecule has 0 amide bonds. The van der Waals surface area contributed by atoms with Crippen molar-refractivity contribution in [1.29, 1.82) is 0 Å². The molecule has 4 heterocycles. The smallest absolute Gasteiger partial charge is 0.186 e. The number of carbonyl (C=O) groups excluding carboxylic acids is 1. The molecule has 0 bridgehead atoms. The fraction of sp³-hybridized carbons (Fsp3) is 0.963. The Morgan fingerprint density at radius 2 is 1.37 bits per heavy atom. The maximum absolute atomic E-state index is 11.9. The molecular formula is C27H46O15S. The van der Waals surface area contributed by atoms with Crippen molar-refractivity contribution in [3.63, 3.8) is 0 Å². The van der Waals surface area contributed by atoms with Crippen molar-refractivity contribution in [2.45, 2.75) is 129 Å². The summed E-state index contributed by atoms with van der Waals surface area (Å²) in [6.07, 6.45) is -10.6. The quantitative estimate of drug-likeness (QED) is 0.150. The van der Waals surface area contributed by atoms with Crippen LogP contribution in [0.4, 0.5) is 0 Å². The molecule has 16 heteroatoms. The predicted octanol–water partition coefficient (Wildman–Crippen LogP) is -1.72. The van der Waals surface area contributed by atoms with Crippen molar-refractivity contribution in [2.75, 3.05) is 34.5 Å². The van der Waals surface area contributed by atoms with Gasteiger partial charge in [0.2, 0.25) is 0 Å². The first-order valence-corrected chi connectivity index (χ1v) is 15.5. The average Bonchev–Trinajstić information content (AvgIpc) is 3.01. The third kappa shape index (κ3) is 8.44. The Morgan fingerprint density at radius 1 is 0.721 bits per heavy atom. The van der Waals surface area contributed by atoms with Crippen molar-refractivity contribution in [3.05, 3.63) is 0 Å². The molecule has 0 spiro atoms.